The molecule has 0 spiro atoms. The molecule has 1 aliphatic rings. The third-order valence-corrected chi connectivity index (χ3v) is 6.50. The van der Waals surface area contributed by atoms with E-state index in [4.69, 9.17) is 21.1 Å². The van der Waals surface area contributed by atoms with Crippen LogP contribution in [0.4, 0.5) is 5.69 Å². The smallest absolute Gasteiger partial charge is 0.277 e. The summed E-state index contributed by atoms with van der Waals surface area (Å²) in [5, 5.41) is 8.09. The molecule has 0 radical (unpaired) electrons. The summed E-state index contributed by atoms with van der Waals surface area (Å²) in [4.78, 5) is 15.4. The highest BCUT2D eigenvalue weighted by Gasteiger charge is 2.44. The molecule has 3 aromatic carbocycles. The topological polar surface area (TPSA) is 67.5 Å². The van der Waals surface area contributed by atoms with E-state index < -0.39 is 6.04 Å². The summed E-state index contributed by atoms with van der Waals surface area (Å²) in [6, 6.07) is 20.1. The highest BCUT2D eigenvalue weighted by Crippen LogP contribution is 2.48. The first kappa shape index (κ1) is 21.6. The molecular formula is C25H19BrClN3O3. The van der Waals surface area contributed by atoms with Crippen molar-refractivity contribution in [2.24, 2.45) is 0 Å². The molecule has 0 unspecified atom stereocenters. The minimum absolute atomic E-state index is 0.182. The maximum Gasteiger partial charge on any atom is 0.277 e. The molecule has 0 saturated carbocycles. The number of carbonyl (C=O) groups excluding carboxylic acids is 1. The van der Waals surface area contributed by atoms with Crippen molar-refractivity contribution in [3.05, 3.63) is 93.0 Å². The van der Waals surface area contributed by atoms with Gasteiger partial charge in [0.05, 0.1) is 26.0 Å². The molecule has 166 valence electrons. The van der Waals surface area contributed by atoms with E-state index in [0.29, 0.717) is 33.6 Å². The van der Waals surface area contributed by atoms with Crippen LogP contribution in [-0.4, -0.2) is 30.3 Å². The third-order valence-electron chi connectivity index (χ3n) is 5.72. The van der Waals surface area contributed by atoms with E-state index in [1.165, 1.54) is 0 Å². The summed E-state index contributed by atoms with van der Waals surface area (Å²) in [6.07, 6.45) is 0. The number of methoxy groups -OCH3 is 2. The van der Waals surface area contributed by atoms with Crippen LogP contribution in [0.2, 0.25) is 5.02 Å². The number of fused-ring (bicyclic) bond motifs is 1. The molecule has 1 aliphatic heterocycles. The number of benzene rings is 3. The minimum atomic E-state index is -0.490. The number of hydrogen-bond donors (Lipinski definition) is 1. The van der Waals surface area contributed by atoms with Crippen molar-refractivity contribution < 1.29 is 14.3 Å². The van der Waals surface area contributed by atoms with Crippen LogP contribution in [0.3, 0.4) is 0 Å². The van der Waals surface area contributed by atoms with Crippen LogP contribution in [0.1, 0.15) is 27.7 Å². The van der Waals surface area contributed by atoms with Crippen molar-refractivity contribution in [1.29, 1.82) is 0 Å². The molecule has 1 atom stereocenters. The van der Waals surface area contributed by atoms with Crippen LogP contribution in [0.15, 0.2) is 71.2 Å². The van der Waals surface area contributed by atoms with E-state index in [0.717, 1.165) is 21.2 Å². The molecule has 6 nitrogen and oxygen atoms in total. The van der Waals surface area contributed by atoms with E-state index in [9.17, 15) is 4.79 Å². The molecular weight excluding hydrogens is 506 g/mol. The number of amides is 1. The number of aromatic nitrogens is 2. The van der Waals surface area contributed by atoms with Crippen LogP contribution >= 0.6 is 27.5 Å². The lowest BCUT2D eigenvalue weighted by Gasteiger charge is -2.28. The van der Waals surface area contributed by atoms with Gasteiger partial charge in [-0.1, -0.05) is 39.7 Å². The number of halogens is 2. The number of anilines is 1. The number of H-pyrrole nitrogens is 1. The van der Waals surface area contributed by atoms with Gasteiger partial charge in [-0.2, -0.15) is 5.10 Å². The van der Waals surface area contributed by atoms with Gasteiger partial charge in [-0.25, -0.2) is 0 Å². The monoisotopic (exact) mass is 523 g/mol. The maximum absolute atomic E-state index is 13.7. The Balaban J connectivity index is 1.76. The van der Waals surface area contributed by atoms with Gasteiger partial charge < -0.3 is 9.47 Å². The first-order valence-corrected chi connectivity index (χ1v) is 11.3. The molecule has 0 aliphatic carbocycles. The molecule has 8 heteroatoms. The Hall–Kier alpha value is -3.29. The van der Waals surface area contributed by atoms with Crippen LogP contribution in [0, 0.1) is 0 Å². The van der Waals surface area contributed by atoms with Crippen molar-refractivity contribution in [2.45, 2.75) is 6.04 Å². The zero-order valence-corrected chi connectivity index (χ0v) is 20.1. The average molecular weight is 525 g/mol. The highest BCUT2D eigenvalue weighted by molar-refractivity contribution is 9.10. The minimum Gasteiger partial charge on any atom is -0.497 e. The summed E-state index contributed by atoms with van der Waals surface area (Å²) in [5.74, 6) is 1.12. The predicted molar refractivity (Wildman–Crippen MR) is 131 cm³/mol. The summed E-state index contributed by atoms with van der Waals surface area (Å²) in [6.45, 7) is 0. The molecule has 0 saturated heterocycles. The maximum atomic E-state index is 13.7. The summed E-state index contributed by atoms with van der Waals surface area (Å²) < 4.78 is 12.1. The standard InChI is InChI=1S/C25H19BrClN3O3/c1-32-18-11-12-20(33-2)19(13-18)24-21-22(14-3-5-15(26)6-4-14)28-29-23(21)25(31)30(24)17-9-7-16(27)8-10-17/h3-13,24H,1-2H3,(H,28,29)/t24-/m0/s1. The molecule has 0 fully saturated rings. The Bertz CT molecular complexity index is 1340. The van der Waals surface area contributed by atoms with Crippen molar-refractivity contribution in [3.8, 4) is 22.8 Å². The van der Waals surface area contributed by atoms with Gasteiger partial charge in [0.15, 0.2) is 0 Å². The fourth-order valence-corrected chi connectivity index (χ4v) is 4.58. The van der Waals surface area contributed by atoms with Gasteiger partial charge >= 0.3 is 0 Å². The number of rotatable bonds is 5. The van der Waals surface area contributed by atoms with E-state index in [2.05, 4.69) is 26.1 Å². The lowest BCUT2D eigenvalue weighted by atomic mass is 9.95. The van der Waals surface area contributed by atoms with Gasteiger partial charge in [0.25, 0.3) is 5.91 Å². The lowest BCUT2D eigenvalue weighted by Crippen LogP contribution is -2.29. The molecule has 1 N–H and O–H groups in total. The quantitative estimate of drug-likeness (QED) is 0.335. The first-order valence-electron chi connectivity index (χ1n) is 10.2. The van der Waals surface area contributed by atoms with Gasteiger partial charge in [0.2, 0.25) is 0 Å². The van der Waals surface area contributed by atoms with Crippen molar-refractivity contribution in [3.63, 3.8) is 0 Å². The number of carbonyl (C=O) groups is 1. The normalized spacial score (nSPS) is 15.0. The Morgan fingerprint density at radius 2 is 1.73 bits per heavy atom. The van der Waals surface area contributed by atoms with E-state index in [1.807, 2.05) is 54.6 Å². The Morgan fingerprint density at radius 1 is 1.00 bits per heavy atom. The molecule has 0 bridgehead atoms. The number of nitrogens with zero attached hydrogens (tertiary/aromatic N) is 2. The molecule has 4 aromatic rings. The summed E-state index contributed by atoms with van der Waals surface area (Å²) in [5.41, 5.74) is 4.33. The molecule has 1 aromatic heterocycles. The Labute approximate surface area is 204 Å². The molecule has 5 rings (SSSR count). The van der Waals surface area contributed by atoms with Crippen molar-refractivity contribution in [1.82, 2.24) is 10.2 Å². The molecule has 33 heavy (non-hydrogen) atoms. The van der Waals surface area contributed by atoms with Gasteiger partial charge in [-0.05, 0) is 54.6 Å². The second-order valence-electron chi connectivity index (χ2n) is 7.53. The number of hydrogen-bond acceptors (Lipinski definition) is 4. The van der Waals surface area contributed by atoms with Crippen molar-refractivity contribution >= 4 is 39.1 Å². The second kappa shape index (κ2) is 8.57. The van der Waals surface area contributed by atoms with Crippen LogP contribution in [-0.2, 0) is 0 Å². The van der Waals surface area contributed by atoms with Crippen molar-refractivity contribution in [2.75, 3.05) is 19.1 Å². The van der Waals surface area contributed by atoms with E-state index in [-0.39, 0.29) is 5.91 Å². The van der Waals surface area contributed by atoms with Gasteiger partial charge in [-0.3, -0.25) is 14.8 Å². The summed E-state index contributed by atoms with van der Waals surface area (Å²) in [7, 11) is 3.22. The highest BCUT2D eigenvalue weighted by atomic mass is 79.9. The van der Waals surface area contributed by atoms with E-state index in [1.54, 1.807) is 31.3 Å². The fourth-order valence-electron chi connectivity index (χ4n) is 4.19. The number of ether oxygens (including phenoxy) is 2. The van der Waals surface area contributed by atoms with Crippen LogP contribution < -0.4 is 14.4 Å². The molecule has 2 heterocycles. The van der Waals surface area contributed by atoms with Gasteiger partial charge in [0, 0.05) is 31.9 Å². The summed E-state index contributed by atoms with van der Waals surface area (Å²) >= 11 is 9.60. The third kappa shape index (κ3) is 3.67. The second-order valence-corrected chi connectivity index (χ2v) is 8.88. The Kier molecular flexibility index (Phi) is 5.60. The molecule has 1 amide bonds. The SMILES string of the molecule is COc1ccc(OC)c([C@H]2c3c(-c4ccc(Br)cc4)n[nH]c3C(=O)N2c2ccc(Cl)cc2)c1. The van der Waals surface area contributed by atoms with Crippen LogP contribution in [0.25, 0.3) is 11.3 Å². The van der Waals surface area contributed by atoms with Gasteiger partial charge in [0.1, 0.15) is 17.2 Å². The number of aromatic amines is 1. The van der Waals surface area contributed by atoms with E-state index >= 15 is 0 Å². The zero-order chi connectivity index (χ0) is 23.1. The predicted octanol–water partition coefficient (Wildman–Crippen LogP) is 6.26. The lowest BCUT2D eigenvalue weighted by molar-refractivity contribution is 0.0988. The fraction of sp³-hybridized carbons (Fsp3) is 0.120. The zero-order valence-electron chi connectivity index (χ0n) is 17.8. The van der Waals surface area contributed by atoms with Crippen LogP contribution in [0.5, 0.6) is 11.5 Å². The first-order chi connectivity index (χ1) is 16.0. The number of nitrogens with one attached hydrogen (secondary N) is 1. The Morgan fingerprint density at radius 3 is 2.39 bits per heavy atom. The largest absolute Gasteiger partial charge is 0.497 e. The van der Waals surface area contributed by atoms with Gasteiger partial charge in [-0.15, -0.1) is 0 Å². The average Bonchev–Trinajstić information content (AvgIpc) is 3.39.